The molecule has 23 heavy (non-hydrogen) atoms. The Morgan fingerprint density at radius 2 is 1.09 bits per heavy atom. The van der Waals surface area contributed by atoms with Crippen LogP contribution in [0.5, 0.6) is 0 Å². The van der Waals surface area contributed by atoms with Crippen molar-refractivity contribution in [3.8, 4) is 0 Å². The van der Waals surface area contributed by atoms with Gasteiger partial charge in [0.1, 0.15) is 11.2 Å². The molecule has 0 amide bonds. The number of hydrogen-bond donors (Lipinski definition) is 0. The second kappa shape index (κ2) is 3.94. The van der Waals surface area contributed by atoms with E-state index >= 15 is 0 Å². The van der Waals surface area contributed by atoms with Crippen LogP contribution in [0.25, 0.3) is 0 Å². The van der Waals surface area contributed by atoms with Crippen molar-refractivity contribution in [1.82, 2.24) is 0 Å². The molecule has 8 bridgehead atoms. The molecule has 2 spiro atoms. The Morgan fingerprint density at radius 1 is 0.609 bits per heavy atom. The SMILES string of the molecule is Cl[C@H]1[C@@H]2C[C@H]3C[C@@H](C2)C2(OC24[C@@H]2C[C@H]5C[C@@H](C2)[C@H](Cl)[C@@H]4C5)[C@@H]1C3. The Labute approximate surface area is 148 Å². The molecule has 1 saturated heterocycles. The van der Waals surface area contributed by atoms with Gasteiger partial charge in [0.2, 0.25) is 0 Å². The lowest BCUT2D eigenvalue weighted by Gasteiger charge is -2.61. The van der Waals surface area contributed by atoms with Gasteiger partial charge in [-0.05, 0) is 86.9 Å². The summed E-state index contributed by atoms with van der Waals surface area (Å²) in [6.45, 7) is 0. The molecule has 0 aromatic rings. The fourth-order valence-electron chi connectivity index (χ4n) is 9.43. The van der Waals surface area contributed by atoms with Gasteiger partial charge in [-0.15, -0.1) is 23.2 Å². The summed E-state index contributed by atoms with van der Waals surface area (Å²) in [7, 11) is 0. The molecular weight excluding hydrogens is 327 g/mol. The summed E-state index contributed by atoms with van der Waals surface area (Å²) in [5.74, 6) is 6.37. The van der Waals surface area contributed by atoms with Crippen LogP contribution in [0, 0.1) is 47.3 Å². The summed E-state index contributed by atoms with van der Waals surface area (Å²) < 4.78 is 7.02. The molecule has 9 rings (SSSR count). The van der Waals surface area contributed by atoms with Crippen LogP contribution in [0.4, 0.5) is 0 Å². The first-order valence-corrected chi connectivity index (χ1v) is 11.0. The number of rotatable bonds is 0. The summed E-state index contributed by atoms with van der Waals surface area (Å²) in [6, 6.07) is 0. The average molecular weight is 353 g/mol. The van der Waals surface area contributed by atoms with E-state index in [9.17, 15) is 0 Å². The molecular formula is C20H26Cl2O. The fraction of sp³-hybridized carbons (Fsp3) is 1.00. The number of halogens is 2. The van der Waals surface area contributed by atoms with E-state index in [1.54, 1.807) is 0 Å². The van der Waals surface area contributed by atoms with Crippen molar-refractivity contribution in [2.45, 2.75) is 73.3 Å². The molecule has 126 valence electrons. The predicted molar refractivity (Wildman–Crippen MR) is 90.7 cm³/mol. The van der Waals surface area contributed by atoms with Crippen LogP contribution in [-0.2, 0) is 4.74 Å². The van der Waals surface area contributed by atoms with E-state index in [0.717, 1.165) is 35.5 Å². The molecule has 1 aliphatic heterocycles. The van der Waals surface area contributed by atoms with E-state index < -0.39 is 0 Å². The minimum atomic E-state index is 0.155. The molecule has 3 heteroatoms. The van der Waals surface area contributed by atoms with Gasteiger partial charge in [-0.25, -0.2) is 0 Å². The van der Waals surface area contributed by atoms with E-state index in [2.05, 4.69) is 0 Å². The Morgan fingerprint density at radius 3 is 1.57 bits per heavy atom. The largest absolute Gasteiger partial charge is 0.361 e. The van der Waals surface area contributed by atoms with Gasteiger partial charge in [0.15, 0.2) is 0 Å². The van der Waals surface area contributed by atoms with Gasteiger partial charge in [0.05, 0.1) is 0 Å². The van der Waals surface area contributed by atoms with Crippen molar-refractivity contribution in [2.24, 2.45) is 47.3 Å². The minimum Gasteiger partial charge on any atom is -0.361 e. The lowest BCUT2D eigenvalue weighted by molar-refractivity contribution is -0.0706. The van der Waals surface area contributed by atoms with Crippen molar-refractivity contribution >= 4 is 23.2 Å². The number of alkyl halides is 2. The third-order valence-electron chi connectivity index (χ3n) is 9.75. The summed E-state index contributed by atoms with van der Waals surface area (Å²) in [4.78, 5) is 0. The first-order chi connectivity index (χ1) is 11.1. The molecule has 1 nitrogen and oxygen atoms in total. The van der Waals surface area contributed by atoms with Crippen LogP contribution in [0.15, 0.2) is 0 Å². The van der Waals surface area contributed by atoms with Gasteiger partial charge in [-0.3, -0.25) is 0 Å². The Kier molecular flexibility index (Phi) is 2.35. The smallest absolute Gasteiger partial charge is 0.106 e. The Balaban J connectivity index is 1.36. The third-order valence-corrected chi connectivity index (χ3v) is 11.1. The third kappa shape index (κ3) is 1.30. The second-order valence-corrected chi connectivity index (χ2v) is 11.3. The Hall–Kier alpha value is 0.540. The van der Waals surface area contributed by atoms with Gasteiger partial charge in [-0.2, -0.15) is 0 Å². The van der Waals surface area contributed by atoms with Gasteiger partial charge >= 0.3 is 0 Å². The highest BCUT2D eigenvalue weighted by Gasteiger charge is 2.87. The molecule has 12 atom stereocenters. The van der Waals surface area contributed by atoms with E-state index in [1.807, 2.05) is 0 Å². The maximum Gasteiger partial charge on any atom is 0.106 e. The first kappa shape index (κ1) is 13.7. The zero-order valence-electron chi connectivity index (χ0n) is 13.6. The van der Waals surface area contributed by atoms with Crippen molar-refractivity contribution in [2.75, 3.05) is 0 Å². The van der Waals surface area contributed by atoms with Crippen LogP contribution in [0.2, 0.25) is 0 Å². The number of epoxide rings is 1. The molecule has 9 fully saturated rings. The second-order valence-electron chi connectivity index (χ2n) is 10.3. The highest BCUT2D eigenvalue weighted by atomic mass is 35.5. The highest BCUT2D eigenvalue weighted by Crippen LogP contribution is 2.80. The molecule has 2 unspecified atom stereocenters. The van der Waals surface area contributed by atoms with Crippen molar-refractivity contribution in [3.63, 3.8) is 0 Å². The monoisotopic (exact) mass is 352 g/mol. The molecule has 8 saturated carbocycles. The molecule has 0 radical (unpaired) electrons. The minimum absolute atomic E-state index is 0.155. The standard InChI is InChI=1S/C20H26Cl2O/c21-17-11-1-9-3-13(7-11)19(15(17)5-9)20(23-19)14-4-10-2-12(8-14)18(22)16(20)6-10/h9-18H,1-8H2/t9-,10+,11+,12-,13-,14+,15+,16-,17-,18-,19?,20?/m0/s1. The summed E-state index contributed by atoms with van der Waals surface area (Å²) in [5, 5.41) is 0.765. The van der Waals surface area contributed by atoms with E-state index in [-0.39, 0.29) is 11.2 Å². The van der Waals surface area contributed by atoms with E-state index in [4.69, 9.17) is 27.9 Å². The maximum atomic E-state index is 7.02. The van der Waals surface area contributed by atoms with Crippen LogP contribution in [0.1, 0.15) is 51.4 Å². The summed E-state index contributed by atoms with van der Waals surface area (Å²) in [6.07, 6.45) is 11.1. The zero-order chi connectivity index (χ0) is 15.1. The lowest BCUT2D eigenvalue weighted by atomic mass is 9.42. The van der Waals surface area contributed by atoms with Crippen LogP contribution in [0.3, 0.4) is 0 Å². The lowest BCUT2D eigenvalue weighted by Crippen LogP contribution is -2.65. The number of hydrogen-bond acceptors (Lipinski definition) is 1. The maximum absolute atomic E-state index is 7.02. The normalized spacial score (nSPS) is 73.3. The molecule has 0 aromatic heterocycles. The molecule has 1 heterocycles. The van der Waals surface area contributed by atoms with Crippen molar-refractivity contribution < 1.29 is 4.74 Å². The summed E-state index contributed by atoms with van der Waals surface area (Å²) in [5.41, 5.74) is 0.311. The van der Waals surface area contributed by atoms with Gasteiger partial charge in [0, 0.05) is 22.6 Å². The number of ether oxygens (including phenoxy) is 1. The average Bonchev–Trinajstić information content (AvgIpc) is 3.22. The van der Waals surface area contributed by atoms with Gasteiger partial charge < -0.3 is 4.74 Å². The zero-order valence-corrected chi connectivity index (χ0v) is 15.1. The van der Waals surface area contributed by atoms with Crippen molar-refractivity contribution in [3.05, 3.63) is 0 Å². The summed E-state index contributed by atoms with van der Waals surface area (Å²) >= 11 is 14.0. The van der Waals surface area contributed by atoms with Crippen LogP contribution in [-0.4, -0.2) is 22.0 Å². The Bertz CT molecular complexity index is 544. The van der Waals surface area contributed by atoms with Gasteiger partial charge in [0.25, 0.3) is 0 Å². The molecule has 0 N–H and O–H groups in total. The molecule has 8 aliphatic carbocycles. The van der Waals surface area contributed by atoms with Crippen LogP contribution >= 0.6 is 23.2 Å². The van der Waals surface area contributed by atoms with E-state index in [1.165, 1.54) is 51.4 Å². The fourth-order valence-corrected chi connectivity index (χ4v) is 10.4. The van der Waals surface area contributed by atoms with E-state index in [0.29, 0.717) is 22.6 Å². The predicted octanol–water partition coefficient (Wildman–Crippen LogP) is 4.84. The molecule has 0 aromatic carbocycles. The molecule has 9 aliphatic rings. The topological polar surface area (TPSA) is 12.5 Å². The quantitative estimate of drug-likeness (QED) is 0.448. The first-order valence-electron chi connectivity index (χ1n) is 10.1. The van der Waals surface area contributed by atoms with Crippen molar-refractivity contribution in [1.29, 1.82) is 0 Å². The van der Waals surface area contributed by atoms with Gasteiger partial charge in [-0.1, -0.05) is 0 Å². The highest BCUT2D eigenvalue weighted by molar-refractivity contribution is 6.21. The van der Waals surface area contributed by atoms with Crippen LogP contribution < -0.4 is 0 Å².